The molecule has 3 aromatic carbocycles. The Bertz CT molecular complexity index is 1470. The molecular weight excluding hydrogens is 430 g/mol. The summed E-state index contributed by atoms with van der Waals surface area (Å²) in [6.07, 6.45) is 1.59. The van der Waals surface area contributed by atoms with Crippen molar-refractivity contribution >= 4 is 61.7 Å². The first-order valence-electron chi connectivity index (χ1n) is 9.58. The van der Waals surface area contributed by atoms with Crippen LogP contribution in [0.1, 0.15) is 17.3 Å². The van der Waals surface area contributed by atoms with Gasteiger partial charge in [-0.1, -0.05) is 84.2 Å². The molecule has 1 aliphatic rings. The zero-order valence-electron chi connectivity index (χ0n) is 16.1. The lowest BCUT2D eigenvalue weighted by molar-refractivity contribution is 0.106. The summed E-state index contributed by atoms with van der Waals surface area (Å²) in [4.78, 5) is 28.2. The molecule has 1 aromatic heterocycles. The molecule has 0 fully saturated rings. The van der Waals surface area contributed by atoms with E-state index in [9.17, 15) is 9.59 Å². The van der Waals surface area contributed by atoms with Gasteiger partial charge in [0.05, 0.1) is 4.24 Å². The van der Waals surface area contributed by atoms with Gasteiger partial charge in [0.25, 0.3) is 5.56 Å². The number of benzene rings is 3. The van der Waals surface area contributed by atoms with Crippen LogP contribution in [0.15, 0.2) is 81.3 Å². The van der Waals surface area contributed by atoms with Crippen LogP contribution < -0.4 is 14.8 Å². The number of fused-ring (bicyclic) bond motifs is 3. The van der Waals surface area contributed by atoms with E-state index in [4.69, 9.17) is 0 Å². The summed E-state index contributed by atoms with van der Waals surface area (Å²) in [6.45, 7) is 2.46. The standard InChI is InChI=1S/C24H17NO2S3/c1-2-25-20(14-18(26)16-9-4-3-5-10-16)29-22(23(25)27)24-28-19-13-12-15-8-6-7-11-17(15)21(19)30-24/h3-14H,2H2,1H3. The summed E-state index contributed by atoms with van der Waals surface area (Å²) in [5, 5.41) is 2.41. The maximum atomic E-state index is 13.1. The summed E-state index contributed by atoms with van der Waals surface area (Å²) in [5.41, 5.74) is 0.598. The molecule has 4 aromatic rings. The summed E-state index contributed by atoms with van der Waals surface area (Å²) >= 11 is 4.70. The Kier molecular flexibility index (Phi) is 5.15. The fourth-order valence-corrected chi connectivity index (χ4v) is 7.44. The van der Waals surface area contributed by atoms with E-state index in [2.05, 4.69) is 24.3 Å². The van der Waals surface area contributed by atoms with Crippen LogP contribution in [0.4, 0.5) is 0 Å². The summed E-state index contributed by atoms with van der Waals surface area (Å²) in [7, 11) is 0. The third-order valence-corrected chi connectivity index (χ3v) is 8.97. The zero-order chi connectivity index (χ0) is 20.7. The lowest BCUT2D eigenvalue weighted by Gasteiger charge is -2.01. The molecule has 5 rings (SSSR count). The third kappa shape index (κ3) is 3.35. The molecule has 1 aliphatic heterocycles. The van der Waals surface area contributed by atoms with Gasteiger partial charge in [0.15, 0.2) is 5.78 Å². The average molecular weight is 448 g/mol. The average Bonchev–Trinajstić information content (AvgIpc) is 3.35. The summed E-state index contributed by atoms with van der Waals surface area (Å²) in [6, 6.07) is 21.7. The monoisotopic (exact) mass is 447 g/mol. The van der Waals surface area contributed by atoms with Crippen LogP contribution in [-0.4, -0.2) is 10.4 Å². The molecule has 6 heteroatoms. The molecule has 0 radical (unpaired) electrons. The molecule has 0 N–H and O–H groups in total. The molecule has 0 bridgehead atoms. The SMILES string of the molecule is CCn1c(=CC(=O)c2ccccc2)sc(=C2Sc3ccc4ccccc4c3S2)c1=O. The normalized spacial score (nSPS) is 15.6. The highest BCUT2D eigenvalue weighted by molar-refractivity contribution is 8.32. The molecule has 148 valence electrons. The third-order valence-electron chi connectivity index (χ3n) is 4.97. The van der Waals surface area contributed by atoms with E-state index < -0.39 is 0 Å². The lowest BCUT2D eigenvalue weighted by atomic mass is 10.1. The summed E-state index contributed by atoms with van der Waals surface area (Å²) < 4.78 is 4.08. The number of nitrogens with zero attached hydrogens (tertiary/aromatic N) is 1. The van der Waals surface area contributed by atoms with Crippen molar-refractivity contribution < 1.29 is 4.79 Å². The highest BCUT2D eigenvalue weighted by Crippen LogP contribution is 2.53. The number of thiazole rings is 1. The fourth-order valence-electron chi connectivity index (χ4n) is 3.47. The largest absolute Gasteiger partial charge is 0.299 e. The number of hydrogen-bond acceptors (Lipinski definition) is 5. The van der Waals surface area contributed by atoms with Crippen LogP contribution in [-0.2, 0) is 6.54 Å². The molecule has 2 heterocycles. The predicted molar refractivity (Wildman–Crippen MR) is 128 cm³/mol. The first kappa shape index (κ1) is 19.4. The maximum absolute atomic E-state index is 13.1. The van der Waals surface area contributed by atoms with Crippen LogP contribution >= 0.6 is 34.9 Å². The second-order valence-corrected chi connectivity index (χ2v) is 10.2. The van der Waals surface area contributed by atoms with Gasteiger partial charge in [-0.3, -0.25) is 14.2 Å². The number of thioether (sulfide) groups is 2. The van der Waals surface area contributed by atoms with Gasteiger partial charge in [0.1, 0.15) is 9.20 Å². The Morgan fingerprint density at radius 3 is 2.53 bits per heavy atom. The van der Waals surface area contributed by atoms with Crippen LogP contribution in [0.5, 0.6) is 0 Å². The Balaban J connectivity index is 1.65. The van der Waals surface area contributed by atoms with Gasteiger partial charge in [-0.2, -0.15) is 0 Å². The molecule has 0 aliphatic carbocycles. The first-order valence-corrected chi connectivity index (χ1v) is 12.0. The molecule has 0 amide bonds. The van der Waals surface area contributed by atoms with Crippen molar-refractivity contribution in [2.24, 2.45) is 0 Å². The molecule has 0 saturated heterocycles. The highest BCUT2D eigenvalue weighted by Gasteiger charge is 2.22. The van der Waals surface area contributed by atoms with E-state index in [0.717, 1.165) is 4.24 Å². The number of ketones is 1. The van der Waals surface area contributed by atoms with Gasteiger partial charge in [-0.05, 0) is 23.8 Å². The van der Waals surface area contributed by atoms with Crippen molar-refractivity contribution in [1.82, 2.24) is 4.57 Å². The summed E-state index contributed by atoms with van der Waals surface area (Å²) in [5.74, 6) is -0.0865. The molecule has 30 heavy (non-hydrogen) atoms. The number of hydrogen-bond donors (Lipinski definition) is 0. The van der Waals surface area contributed by atoms with E-state index in [1.54, 1.807) is 46.3 Å². The smallest absolute Gasteiger partial charge is 0.270 e. The van der Waals surface area contributed by atoms with E-state index in [1.807, 2.05) is 37.3 Å². The predicted octanol–water partition coefficient (Wildman–Crippen LogP) is 4.71. The van der Waals surface area contributed by atoms with Crippen molar-refractivity contribution in [2.45, 2.75) is 23.3 Å². The van der Waals surface area contributed by atoms with Crippen molar-refractivity contribution in [3.05, 3.63) is 91.8 Å². The number of carbonyl (C=O) groups is 1. The van der Waals surface area contributed by atoms with Gasteiger partial charge in [-0.25, -0.2) is 0 Å². The quantitative estimate of drug-likeness (QED) is 0.427. The van der Waals surface area contributed by atoms with E-state index in [-0.39, 0.29) is 11.3 Å². The molecular formula is C24H17NO2S3. The van der Waals surface area contributed by atoms with Crippen LogP contribution in [0.2, 0.25) is 0 Å². The topological polar surface area (TPSA) is 39.1 Å². The van der Waals surface area contributed by atoms with E-state index in [1.165, 1.54) is 31.9 Å². The minimum Gasteiger partial charge on any atom is -0.299 e. The van der Waals surface area contributed by atoms with Gasteiger partial charge in [0, 0.05) is 28.0 Å². The van der Waals surface area contributed by atoms with Crippen molar-refractivity contribution in [3.8, 4) is 0 Å². The Labute approximate surface area is 185 Å². The zero-order valence-corrected chi connectivity index (χ0v) is 18.6. The maximum Gasteiger partial charge on any atom is 0.270 e. The molecule has 0 unspecified atom stereocenters. The van der Waals surface area contributed by atoms with E-state index in [0.29, 0.717) is 21.3 Å². The second kappa shape index (κ2) is 7.95. The molecule has 3 nitrogen and oxygen atoms in total. The Morgan fingerprint density at radius 2 is 1.73 bits per heavy atom. The second-order valence-electron chi connectivity index (χ2n) is 6.80. The van der Waals surface area contributed by atoms with Gasteiger partial charge in [0.2, 0.25) is 0 Å². The van der Waals surface area contributed by atoms with Crippen molar-refractivity contribution in [2.75, 3.05) is 0 Å². The number of rotatable bonds is 3. The fraction of sp³-hybridized carbons (Fsp3) is 0.0833. The van der Waals surface area contributed by atoms with Crippen molar-refractivity contribution in [1.29, 1.82) is 0 Å². The molecule has 0 saturated carbocycles. The van der Waals surface area contributed by atoms with Crippen LogP contribution in [0.3, 0.4) is 0 Å². The van der Waals surface area contributed by atoms with Gasteiger partial charge < -0.3 is 0 Å². The highest BCUT2D eigenvalue weighted by atomic mass is 32.2. The van der Waals surface area contributed by atoms with Crippen LogP contribution in [0.25, 0.3) is 21.1 Å². The molecule has 0 spiro atoms. The van der Waals surface area contributed by atoms with Crippen LogP contribution in [0, 0.1) is 0 Å². The number of aromatic nitrogens is 1. The van der Waals surface area contributed by atoms with Gasteiger partial charge in [-0.15, -0.1) is 11.3 Å². The number of Topliss-reactive ketones (excluding diaryl/α,β-unsaturated/α-hetero) is 1. The minimum atomic E-state index is -0.0865. The Hall–Kier alpha value is -2.54. The first-order chi connectivity index (χ1) is 14.7. The molecule has 0 atom stereocenters. The minimum absolute atomic E-state index is 0.0262. The lowest BCUT2D eigenvalue weighted by Crippen LogP contribution is -2.31. The van der Waals surface area contributed by atoms with Crippen molar-refractivity contribution in [3.63, 3.8) is 0 Å². The Morgan fingerprint density at radius 1 is 0.967 bits per heavy atom. The number of carbonyl (C=O) groups excluding carboxylic acids is 1. The van der Waals surface area contributed by atoms with Gasteiger partial charge >= 0.3 is 0 Å². The van der Waals surface area contributed by atoms with E-state index >= 15 is 0 Å².